The number of hydrogen-bond donors (Lipinski definition) is 0. The van der Waals surface area contributed by atoms with E-state index >= 15 is 0 Å². The Labute approximate surface area is 229 Å². The summed E-state index contributed by atoms with van der Waals surface area (Å²) < 4.78 is 18.7. The van der Waals surface area contributed by atoms with Gasteiger partial charge in [-0.15, -0.1) is 0 Å². The molecule has 198 valence electrons. The van der Waals surface area contributed by atoms with Crippen molar-refractivity contribution in [2.24, 2.45) is 4.99 Å². The molecule has 0 radical (unpaired) electrons. The Hall–Kier alpha value is -4.43. The highest BCUT2D eigenvalue weighted by molar-refractivity contribution is 7.07. The van der Waals surface area contributed by atoms with Crippen LogP contribution in [0.15, 0.2) is 99.9 Å². The molecule has 0 fully saturated rings. The first kappa shape index (κ1) is 26.2. The molecule has 5 rings (SSSR count). The minimum absolute atomic E-state index is 0.220. The largest absolute Gasteiger partial charge is 0.497 e. The van der Waals surface area contributed by atoms with Gasteiger partial charge in [-0.25, -0.2) is 9.79 Å². The molecule has 2 heterocycles. The number of rotatable bonds is 8. The van der Waals surface area contributed by atoms with E-state index in [2.05, 4.69) is 4.99 Å². The van der Waals surface area contributed by atoms with Gasteiger partial charge in [0.05, 0.1) is 35.6 Å². The molecule has 1 aromatic heterocycles. The van der Waals surface area contributed by atoms with Gasteiger partial charge >= 0.3 is 5.97 Å². The molecule has 0 spiro atoms. The molecule has 8 heteroatoms. The van der Waals surface area contributed by atoms with E-state index in [1.54, 1.807) is 25.5 Å². The monoisotopic (exact) mass is 540 g/mol. The average Bonchev–Trinajstić information content (AvgIpc) is 3.26. The molecule has 0 unspecified atom stereocenters. The Morgan fingerprint density at radius 1 is 1.03 bits per heavy atom. The Kier molecular flexibility index (Phi) is 7.74. The van der Waals surface area contributed by atoms with Crippen molar-refractivity contribution in [3.8, 4) is 11.5 Å². The lowest BCUT2D eigenvalue weighted by Crippen LogP contribution is -2.39. The van der Waals surface area contributed by atoms with Crippen LogP contribution in [0, 0.1) is 0 Å². The van der Waals surface area contributed by atoms with Crippen LogP contribution in [0.4, 0.5) is 0 Å². The summed E-state index contributed by atoms with van der Waals surface area (Å²) in [6, 6.07) is 24.2. The van der Waals surface area contributed by atoms with Crippen molar-refractivity contribution in [3.05, 3.63) is 127 Å². The molecule has 1 aliphatic rings. The lowest BCUT2D eigenvalue weighted by Gasteiger charge is -2.24. The topological polar surface area (TPSA) is 79.1 Å². The van der Waals surface area contributed by atoms with Crippen molar-refractivity contribution in [3.63, 3.8) is 0 Å². The molecule has 0 aliphatic carbocycles. The summed E-state index contributed by atoms with van der Waals surface area (Å²) in [5.74, 6) is 0.896. The van der Waals surface area contributed by atoms with Crippen LogP contribution in [0.5, 0.6) is 11.5 Å². The maximum atomic E-state index is 13.8. The van der Waals surface area contributed by atoms with Gasteiger partial charge in [-0.1, -0.05) is 65.9 Å². The number of fused-ring (bicyclic) bond motifs is 1. The molecular formula is C31H28N2O5S. The first-order chi connectivity index (χ1) is 19.0. The second-order valence-electron chi connectivity index (χ2n) is 8.92. The summed E-state index contributed by atoms with van der Waals surface area (Å²) in [6.45, 7) is 4.19. The number of methoxy groups -OCH3 is 1. The number of ether oxygens (including phenoxy) is 3. The van der Waals surface area contributed by atoms with Crippen molar-refractivity contribution in [1.82, 2.24) is 4.57 Å². The lowest BCUT2D eigenvalue weighted by molar-refractivity contribution is -0.139. The quantitative estimate of drug-likeness (QED) is 0.310. The fraction of sp³-hybridized carbons (Fsp3) is 0.194. The van der Waals surface area contributed by atoms with Gasteiger partial charge < -0.3 is 14.2 Å². The van der Waals surface area contributed by atoms with E-state index in [-0.39, 0.29) is 12.2 Å². The smallest absolute Gasteiger partial charge is 0.338 e. The van der Waals surface area contributed by atoms with Gasteiger partial charge in [0, 0.05) is 0 Å². The average molecular weight is 541 g/mol. The highest BCUT2D eigenvalue weighted by Gasteiger charge is 2.33. The number of nitrogens with zero attached hydrogens (tertiary/aromatic N) is 2. The van der Waals surface area contributed by atoms with Gasteiger partial charge in [0.2, 0.25) is 0 Å². The van der Waals surface area contributed by atoms with Crippen molar-refractivity contribution in [2.45, 2.75) is 26.5 Å². The molecule has 39 heavy (non-hydrogen) atoms. The van der Waals surface area contributed by atoms with Gasteiger partial charge in [0.1, 0.15) is 18.1 Å². The van der Waals surface area contributed by atoms with Crippen LogP contribution in [0.25, 0.3) is 6.08 Å². The minimum Gasteiger partial charge on any atom is -0.497 e. The third-order valence-corrected chi connectivity index (χ3v) is 7.34. The molecule has 0 bridgehead atoms. The Balaban J connectivity index is 1.55. The highest BCUT2D eigenvalue weighted by atomic mass is 32.1. The zero-order valence-corrected chi connectivity index (χ0v) is 22.7. The fourth-order valence-electron chi connectivity index (χ4n) is 4.48. The lowest BCUT2D eigenvalue weighted by atomic mass is 9.96. The number of hydrogen-bond acceptors (Lipinski definition) is 7. The van der Waals surface area contributed by atoms with Crippen LogP contribution in [0.3, 0.4) is 0 Å². The van der Waals surface area contributed by atoms with Crippen molar-refractivity contribution < 1.29 is 19.0 Å². The molecule has 1 atom stereocenters. The van der Waals surface area contributed by atoms with Gasteiger partial charge in [-0.2, -0.15) is 0 Å². The summed E-state index contributed by atoms with van der Waals surface area (Å²) in [6.07, 6.45) is 1.83. The summed E-state index contributed by atoms with van der Waals surface area (Å²) in [7, 11) is 1.59. The van der Waals surface area contributed by atoms with Gasteiger partial charge in [-0.3, -0.25) is 9.36 Å². The standard InChI is InChI=1S/C31H28N2O5S/c1-4-37-30(35)27-20(2)32-31-33(28(27)23-13-15-24(36-3)16-14-23)29(34)26(39-31)18-22-11-8-12-25(17-22)38-19-21-9-6-5-7-10-21/h5-18,28H,4,19H2,1-3H3/t28-/m0/s1. The summed E-state index contributed by atoms with van der Waals surface area (Å²) in [5.41, 5.74) is 3.30. The highest BCUT2D eigenvalue weighted by Crippen LogP contribution is 2.31. The number of carbonyl (C=O) groups excluding carboxylic acids is 1. The van der Waals surface area contributed by atoms with E-state index in [1.807, 2.05) is 84.9 Å². The fourth-order valence-corrected chi connectivity index (χ4v) is 5.53. The molecule has 0 saturated heterocycles. The number of aromatic nitrogens is 1. The van der Waals surface area contributed by atoms with Crippen LogP contribution in [-0.2, 0) is 16.1 Å². The molecule has 3 aromatic carbocycles. The van der Waals surface area contributed by atoms with E-state index in [0.29, 0.717) is 38.7 Å². The van der Waals surface area contributed by atoms with E-state index in [1.165, 1.54) is 11.3 Å². The van der Waals surface area contributed by atoms with E-state index in [4.69, 9.17) is 14.2 Å². The van der Waals surface area contributed by atoms with E-state index in [9.17, 15) is 9.59 Å². The van der Waals surface area contributed by atoms with E-state index in [0.717, 1.165) is 16.7 Å². The Morgan fingerprint density at radius 3 is 2.51 bits per heavy atom. The number of benzene rings is 3. The predicted molar refractivity (Wildman–Crippen MR) is 151 cm³/mol. The number of esters is 1. The van der Waals surface area contributed by atoms with Crippen molar-refractivity contribution in [2.75, 3.05) is 13.7 Å². The number of carbonyl (C=O) groups is 1. The Morgan fingerprint density at radius 2 is 1.79 bits per heavy atom. The van der Waals surface area contributed by atoms with Crippen LogP contribution >= 0.6 is 11.3 Å². The molecule has 0 saturated carbocycles. The van der Waals surface area contributed by atoms with Gasteiger partial charge in [0.15, 0.2) is 4.80 Å². The summed E-state index contributed by atoms with van der Waals surface area (Å²) in [5, 5.41) is 0. The first-order valence-corrected chi connectivity index (χ1v) is 13.4. The third kappa shape index (κ3) is 5.56. The minimum atomic E-state index is -0.672. The second-order valence-corrected chi connectivity index (χ2v) is 9.93. The SMILES string of the molecule is CCOC(=O)C1=C(C)N=c2sc(=Cc3cccc(OCc4ccccc4)c3)c(=O)n2[C@H]1c1ccc(OC)cc1. The van der Waals surface area contributed by atoms with Crippen LogP contribution in [0.1, 0.15) is 36.6 Å². The number of allylic oxidation sites excluding steroid dienone is 1. The van der Waals surface area contributed by atoms with Gasteiger partial charge in [0.25, 0.3) is 5.56 Å². The number of thiazole rings is 1. The second kappa shape index (κ2) is 11.5. The van der Waals surface area contributed by atoms with Gasteiger partial charge in [-0.05, 0) is 60.9 Å². The van der Waals surface area contributed by atoms with E-state index < -0.39 is 12.0 Å². The third-order valence-electron chi connectivity index (χ3n) is 6.35. The van der Waals surface area contributed by atoms with Crippen LogP contribution in [-0.4, -0.2) is 24.3 Å². The maximum Gasteiger partial charge on any atom is 0.338 e. The molecule has 7 nitrogen and oxygen atoms in total. The predicted octanol–water partition coefficient (Wildman–Crippen LogP) is 4.39. The molecule has 4 aromatic rings. The van der Waals surface area contributed by atoms with Crippen molar-refractivity contribution in [1.29, 1.82) is 0 Å². The normalized spacial score (nSPS) is 14.9. The van der Waals surface area contributed by atoms with Crippen LogP contribution < -0.4 is 24.4 Å². The summed E-state index contributed by atoms with van der Waals surface area (Å²) in [4.78, 5) is 32.0. The molecule has 0 amide bonds. The molecule has 1 aliphatic heterocycles. The molecule has 0 N–H and O–H groups in total. The maximum absolute atomic E-state index is 13.8. The van der Waals surface area contributed by atoms with Crippen molar-refractivity contribution >= 4 is 23.4 Å². The zero-order chi connectivity index (χ0) is 27.4. The zero-order valence-electron chi connectivity index (χ0n) is 21.9. The molecular weight excluding hydrogens is 512 g/mol. The Bertz CT molecular complexity index is 1700. The summed E-state index contributed by atoms with van der Waals surface area (Å²) >= 11 is 1.29. The van der Waals surface area contributed by atoms with Crippen LogP contribution in [0.2, 0.25) is 0 Å². The first-order valence-electron chi connectivity index (χ1n) is 12.6.